The number of oxazole rings is 1. The van der Waals surface area contributed by atoms with Crippen LogP contribution in [0.3, 0.4) is 0 Å². The standard InChI is InChI=1S/C15H19N3O2S/c19-14(17-6-4-11-3-5-16-9-11)8-12-10-20-15(18-12)13-2-1-7-21-13/h1-2,7,10-11,16H,3-6,8-9H2,(H,17,19). The van der Waals surface area contributed by atoms with Gasteiger partial charge in [0, 0.05) is 6.54 Å². The van der Waals surface area contributed by atoms with Crippen molar-refractivity contribution in [2.45, 2.75) is 19.3 Å². The molecule has 1 saturated heterocycles. The molecule has 2 aromatic rings. The monoisotopic (exact) mass is 305 g/mol. The van der Waals surface area contributed by atoms with Gasteiger partial charge in [0.1, 0.15) is 6.26 Å². The van der Waals surface area contributed by atoms with Crippen molar-refractivity contribution in [3.05, 3.63) is 29.5 Å². The number of carbonyl (C=O) groups is 1. The van der Waals surface area contributed by atoms with Crippen LogP contribution < -0.4 is 10.6 Å². The summed E-state index contributed by atoms with van der Waals surface area (Å²) in [5.74, 6) is 1.29. The predicted octanol–water partition coefficient (Wildman–Crippen LogP) is 2.06. The zero-order valence-corrected chi connectivity index (χ0v) is 12.6. The first-order valence-electron chi connectivity index (χ1n) is 7.27. The third-order valence-corrected chi connectivity index (χ3v) is 4.52. The molecule has 1 aliphatic heterocycles. The Morgan fingerprint density at radius 3 is 3.29 bits per heavy atom. The maximum Gasteiger partial charge on any atom is 0.236 e. The molecule has 0 bridgehead atoms. The fourth-order valence-electron chi connectivity index (χ4n) is 2.51. The predicted molar refractivity (Wildman–Crippen MR) is 82.1 cm³/mol. The van der Waals surface area contributed by atoms with Crippen LogP contribution in [-0.2, 0) is 11.2 Å². The van der Waals surface area contributed by atoms with E-state index in [1.807, 2.05) is 17.5 Å². The summed E-state index contributed by atoms with van der Waals surface area (Å²) >= 11 is 1.57. The summed E-state index contributed by atoms with van der Waals surface area (Å²) in [4.78, 5) is 17.2. The number of carbonyl (C=O) groups excluding carboxylic acids is 1. The van der Waals surface area contributed by atoms with Gasteiger partial charge in [-0.1, -0.05) is 6.07 Å². The number of hydrogen-bond acceptors (Lipinski definition) is 5. The Kier molecular flexibility index (Phi) is 4.67. The van der Waals surface area contributed by atoms with Gasteiger partial charge >= 0.3 is 0 Å². The number of amides is 1. The number of aromatic nitrogens is 1. The van der Waals surface area contributed by atoms with Gasteiger partial charge in [-0.25, -0.2) is 4.98 Å². The minimum Gasteiger partial charge on any atom is -0.444 e. The van der Waals surface area contributed by atoms with Crippen molar-refractivity contribution in [3.63, 3.8) is 0 Å². The molecule has 112 valence electrons. The zero-order valence-electron chi connectivity index (χ0n) is 11.8. The van der Waals surface area contributed by atoms with Crippen LogP contribution in [0.1, 0.15) is 18.5 Å². The second-order valence-electron chi connectivity index (χ2n) is 5.30. The summed E-state index contributed by atoms with van der Waals surface area (Å²) in [5, 5.41) is 8.26. The van der Waals surface area contributed by atoms with Gasteiger partial charge in [0.2, 0.25) is 11.8 Å². The number of hydrogen-bond donors (Lipinski definition) is 2. The summed E-state index contributed by atoms with van der Waals surface area (Å²) in [6.45, 7) is 2.91. The van der Waals surface area contributed by atoms with Gasteiger partial charge in [-0.2, -0.15) is 0 Å². The van der Waals surface area contributed by atoms with Crippen LogP contribution in [0, 0.1) is 5.92 Å². The Morgan fingerprint density at radius 1 is 1.57 bits per heavy atom. The molecule has 6 heteroatoms. The molecule has 5 nitrogen and oxygen atoms in total. The lowest BCUT2D eigenvalue weighted by Gasteiger charge is -2.08. The van der Waals surface area contributed by atoms with Crippen molar-refractivity contribution >= 4 is 17.2 Å². The zero-order chi connectivity index (χ0) is 14.5. The number of nitrogens with zero attached hydrogens (tertiary/aromatic N) is 1. The van der Waals surface area contributed by atoms with Gasteiger partial charge in [0.05, 0.1) is 17.0 Å². The molecule has 0 saturated carbocycles. The molecule has 2 N–H and O–H groups in total. The van der Waals surface area contributed by atoms with Crippen LogP contribution in [-0.4, -0.2) is 30.5 Å². The Labute approximate surface area is 127 Å². The van der Waals surface area contributed by atoms with E-state index in [0.29, 0.717) is 17.5 Å². The molecule has 0 spiro atoms. The maximum absolute atomic E-state index is 11.9. The SMILES string of the molecule is O=C(Cc1coc(-c2cccs2)n1)NCCC1CCNC1. The van der Waals surface area contributed by atoms with E-state index in [-0.39, 0.29) is 12.3 Å². The lowest BCUT2D eigenvalue weighted by atomic mass is 10.1. The lowest BCUT2D eigenvalue weighted by molar-refractivity contribution is -0.120. The smallest absolute Gasteiger partial charge is 0.236 e. The minimum absolute atomic E-state index is 0.00647. The van der Waals surface area contributed by atoms with E-state index in [4.69, 9.17) is 4.42 Å². The summed E-state index contributed by atoms with van der Waals surface area (Å²) in [5.41, 5.74) is 0.679. The van der Waals surface area contributed by atoms with Crippen molar-refractivity contribution in [1.82, 2.24) is 15.6 Å². The summed E-state index contributed by atoms with van der Waals surface area (Å²) in [7, 11) is 0. The molecule has 0 radical (unpaired) electrons. The van der Waals surface area contributed by atoms with E-state index >= 15 is 0 Å². The first kappa shape index (κ1) is 14.3. The van der Waals surface area contributed by atoms with Crippen LogP contribution >= 0.6 is 11.3 Å². The fraction of sp³-hybridized carbons (Fsp3) is 0.467. The molecule has 0 aromatic carbocycles. The molecule has 21 heavy (non-hydrogen) atoms. The van der Waals surface area contributed by atoms with E-state index in [0.717, 1.165) is 30.9 Å². The van der Waals surface area contributed by atoms with Gasteiger partial charge in [0.15, 0.2) is 0 Å². The fourth-order valence-corrected chi connectivity index (χ4v) is 3.16. The molecule has 3 heterocycles. The summed E-state index contributed by atoms with van der Waals surface area (Å²) < 4.78 is 5.41. The van der Waals surface area contributed by atoms with Crippen molar-refractivity contribution in [2.24, 2.45) is 5.92 Å². The molecular formula is C15H19N3O2S. The molecule has 1 amide bonds. The second kappa shape index (κ2) is 6.87. The first-order valence-corrected chi connectivity index (χ1v) is 8.15. The topological polar surface area (TPSA) is 67.2 Å². The highest BCUT2D eigenvalue weighted by molar-refractivity contribution is 7.13. The van der Waals surface area contributed by atoms with Crippen LogP contribution in [0.25, 0.3) is 10.8 Å². The second-order valence-corrected chi connectivity index (χ2v) is 6.24. The van der Waals surface area contributed by atoms with Crippen LogP contribution in [0.15, 0.2) is 28.2 Å². The molecule has 2 aromatic heterocycles. The highest BCUT2D eigenvalue weighted by Crippen LogP contribution is 2.23. The van der Waals surface area contributed by atoms with E-state index in [1.54, 1.807) is 17.6 Å². The Hall–Kier alpha value is -1.66. The molecular weight excluding hydrogens is 286 g/mol. The van der Waals surface area contributed by atoms with Gasteiger partial charge < -0.3 is 15.1 Å². The highest BCUT2D eigenvalue weighted by atomic mass is 32.1. The van der Waals surface area contributed by atoms with Crippen molar-refractivity contribution in [2.75, 3.05) is 19.6 Å². The molecule has 1 fully saturated rings. The van der Waals surface area contributed by atoms with Crippen LogP contribution in [0.4, 0.5) is 0 Å². The van der Waals surface area contributed by atoms with Gasteiger partial charge in [-0.05, 0) is 43.3 Å². The van der Waals surface area contributed by atoms with Crippen molar-refractivity contribution in [1.29, 1.82) is 0 Å². The summed E-state index contributed by atoms with van der Waals surface area (Å²) in [6.07, 6.45) is 4.09. The third kappa shape index (κ3) is 3.92. The van der Waals surface area contributed by atoms with Crippen molar-refractivity contribution in [3.8, 4) is 10.8 Å². The molecule has 3 rings (SSSR count). The molecule has 0 aliphatic carbocycles. The molecule has 1 unspecified atom stereocenters. The Morgan fingerprint density at radius 2 is 2.52 bits per heavy atom. The van der Waals surface area contributed by atoms with E-state index in [9.17, 15) is 4.79 Å². The maximum atomic E-state index is 11.9. The van der Waals surface area contributed by atoms with E-state index in [1.165, 1.54) is 6.42 Å². The van der Waals surface area contributed by atoms with Gasteiger partial charge in [0.25, 0.3) is 0 Å². The number of rotatable bonds is 6. The van der Waals surface area contributed by atoms with Gasteiger partial charge in [-0.3, -0.25) is 4.79 Å². The highest BCUT2D eigenvalue weighted by Gasteiger charge is 2.15. The quantitative estimate of drug-likeness (QED) is 0.857. The molecule has 1 aliphatic rings. The van der Waals surface area contributed by atoms with Crippen LogP contribution in [0.5, 0.6) is 0 Å². The Bertz CT molecular complexity index is 574. The molecule has 1 atom stereocenters. The minimum atomic E-state index is 0.00647. The third-order valence-electron chi connectivity index (χ3n) is 3.66. The first-order chi connectivity index (χ1) is 10.3. The normalized spacial score (nSPS) is 18.0. The average molecular weight is 305 g/mol. The lowest BCUT2D eigenvalue weighted by Crippen LogP contribution is -2.27. The largest absolute Gasteiger partial charge is 0.444 e. The van der Waals surface area contributed by atoms with Crippen LogP contribution in [0.2, 0.25) is 0 Å². The van der Waals surface area contributed by atoms with Gasteiger partial charge in [-0.15, -0.1) is 11.3 Å². The summed E-state index contributed by atoms with van der Waals surface area (Å²) in [6, 6.07) is 3.91. The van der Waals surface area contributed by atoms with Crippen molar-refractivity contribution < 1.29 is 9.21 Å². The number of nitrogens with one attached hydrogen (secondary N) is 2. The van der Waals surface area contributed by atoms with E-state index < -0.39 is 0 Å². The number of thiophene rings is 1. The Balaban J connectivity index is 1.44. The average Bonchev–Trinajstić information content (AvgIpc) is 3.21. The van der Waals surface area contributed by atoms with E-state index in [2.05, 4.69) is 15.6 Å².